The number of aromatic nitrogens is 1. The Morgan fingerprint density at radius 2 is 1.71 bits per heavy atom. The predicted octanol–water partition coefficient (Wildman–Crippen LogP) is 3.32. The first-order valence-electron chi connectivity index (χ1n) is 7.74. The van der Waals surface area contributed by atoms with E-state index in [0.717, 1.165) is 31.0 Å². The number of nitrogens with zero attached hydrogens (tertiary/aromatic N) is 3. The zero-order valence-electron chi connectivity index (χ0n) is 13.3. The fraction of sp³-hybridized carbons (Fsp3) is 0.353. The lowest BCUT2D eigenvalue weighted by atomic mass is 10.1. The van der Waals surface area contributed by atoms with Gasteiger partial charge in [0.2, 0.25) is 0 Å². The Hall–Kier alpha value is -2.44. The van der Waals surface area contributed by atoms with Gasteiger partial charge in [-0.05, 0) is 30.7 Å². The minimum atomic E-state index is -4.42. The first-order valence-corrected chi connectivity index (χ1v) is 7.74. The monoisotopic (exact) mass is 336 g/mol. The van der Waals surface area contributed by atoms with Gasteiger partial charge in [-0.25, -0.2) is 4.98 Å². The minimum Gasteiger partial charge on any atom is -0.382 e. The number of pyridine rings is 1. The van der Waals surface area contributed by atoms with Crippen molar-refractivity contribution in [3.8, 4) is 0 Å². The lowest BCUT2D eigenvalue weighted by Gasteiger charge is -2.37. The van der Waals surface area contributed by atoms with Crippen molar-refractivity contribution in [3.63, 3.8) is 0 Å². The molecular weight excluding hydrogens is 317 g/mol. The van der Waals surface area contributed by atoms with Crippen molar-refractivity contribution in [2.24, 2.45) is 0 Å². The molecule has 3 rings (SSSR count). The topological polar surface area (TPSA) is 45.4 Å². The van der Waals surface area contributed by atoms with Gasteiger partial charge in [-0.3, -0.25) is 0 Å². The molecule has 0 radical (unpaired) electrons. The van der Waals surface area contributed by atoms with Crippen molar-refractivity contribution in [1.29, 1.82) is 0 Å². The van der Waals surface area contributed by atoms with Gasteiger partial charge in [0.25, 0.3) is 0 Å². The van der Waals surface area contributed by atoms with Gasteiger partial charge in [-0.1, -0.05) is 12.1 Å². The molecule has 7 heteroatoms. The molecule has 2 heterocycles. The number of rotatable bonds is 2. The molecule has 0 amide bonds. The molecule has 2 aromatic rings. The van der Waals surface area contributed by atoms with Crippen molar-refractivity contribution in [2.45, 2.75) is 13.1 Å². The number of aryl methyl sites for hydroxylation is 1. The van der Waals surface area contributed by atoms with E-state index in [4.69, 9.17) is 5.73 Å². The van der Waals surface area contributed by atoms with Gasteiger partial charge in [0.1, 0.15) is 5.82 Å². The zero-order valence-corrected chi connectivity index (χ0v) is 13.3. The molecule has 1 aliphatic heterocycles. The van der Waals surface area contributed by atoms with E-state index >= 15 is 0 Å². The van der Waals surface area contributed by atoms with Crippen molar-refractivity contribution < 1.29 is 13.2 Å². The first-order chi connectivity index (χ1) is 11.3. The summed E-state index contributed by atoms with van der Waals surface area (Å²) in [6.45, 7) is 4.68. The Labute approximate surface area is 138 Å². The number of hydrogen-bond acceptors (Lipinski definition) is 4. The fourth-order valence-electron chi connectivity index (χ4n) is 2.90. The molecule has 0 atom stereocenters. The number of alkyl halides is 3. The molecule has 1 aromatic heterocycles. The molecule has 24 heavy (non-hydrogen) atoms. The summed E-state index contributed by atoms with van der Waals surface area (Å²) in [6.07, 6.45) is -3.64. The highest BCUT2D eigenvalue weighted by atomic mass is 19.4. The Bertz CT molecular complexity index is 722. The molecule has 1 fully saturated rings. The third kappa shape index (κ3) is 3.39. The quantitative estimate of drug-likeness (QED) is 0.914. The number of nitrogens with two attached hydrogens (primary N) is 1. The maximum atomic E-state index is 12.9. The predicted molar refractivity (Wildman–Crippen MR) is 89.3 cm³/mol. The lowest BCUT2D eigenvalue weighted by Crippen LogP contribution is -2.46. The van der Waals surface area contributed by atoms with Crippen LogP contribution in [0.3, 0.4) is 0 Å². The molecule has 0 aliphatic carbocycles. The van der Waals surface area contributed by atoms with Crippen LogP contribution in [0.15, 0.2) is 36.5 Å². The van der Waals surface area contributed by atoms with Crippen LogP contribution < -0.4 is 15.5 Å². The summed E-state index contributed by atoms with van der Waals surface area (Å²) < 4.78 is 38.6. The number of anilines is 3. The van der Waals surface area contributed by atoms with Gasteiger partial charge >= 0.3 is 6.18 Å². The molecule has 0 spiro atoms. The molecular formula is C17H19F3N4. The van der Waals surface area contributed by atoms with Crippen LogP contribution in [0, 0.1) is 6.92 Å². The molecule has 0 unspecified atom stereocenters. The lowest BCUT2D eigenvalue weighted by molar-refractivity contribution is -0.137. The van der Waals surface area contributed by atoms with Crippen LogP contribution in [0.4, 0.5) is 30.4 Å². The van der Waals surface area contributed by atoms with Crippen LogP contribution in [0.5, 0.6) is 0 Å². The number of nitrogen functional groups attached to an aromatic ring is 1. The summed E-state index contributed by atoms with van der Waals surface area (Å²) in [5.41, 5.74) is 7.69. The Morgan fingerprint density at radius 1 is 1.04 bits per heavy atom. The zero-order chi connectivity index (χ0) is 17.3. The van der Waals surface area contributed by atoms with Gasteiger partial charge in [-0.15, -0.1) is 0 Å². The van der Waals surface area contributed by atoms with Gasteiger partial charge in [0.15, 0.2) is 0 Å². The van der Waals surface area contributed by atoms with E-state index in [-0.39, 0.29) is 5.82 Å². The van der Waals surface area contributed by atoms with E-state index in [1.807, 2.05) is 30.0 Å². The Kier molecular flexibility index (Phi) is 4.26. The van der Waals surface area contributed by atoms with Crippen molar-refractivity contribution in [2.75, 3.05) is 41.7 Å². The van der Waals surface area contributed by atoms with E-state index in [9.17, 15) is 13.2 Å². The van der Waals surface area contributed by atoms with Crippen molar-refractivity contribution in [3.05, 3.63) is 47.7 Å². The maximum absolute atomic E-state index is 12.9. The summed E-state index contributed by atoms with van der Waals surface area (Å²) in [6, 6.07) is 9.28. The highest BCUT2D eigenvalue weighted by molar-refractivity contribution is 5.65. The van der Waals surface area contributed by atoms with Crippen LogP contribution in [0.1, 0.15) is 11.1 Å². The number of piperazine rings is 1. The normalized spacial score (nSPS) is 15.7. The van der Waals surface area contributed by atoms with E-state index in [2.05, 4.69) is 16.0 Å². The molecule has 1 saturated heterocycles. The Morgan fingerprint density at radius 3 is 2.33 bits per heavy atom. The van der Waals surface area contributed by atoms with Crippen LogP contribution in [0.2, 0.25) is 0 Å². The second-order valence-electron chi connectivity index (χ2n) is 5.94. The number of benzene rings is 1. The molecule has 1 aromatic carbocycles. The number of hydrogen-bond donors (Lipinski definition) is 1. The second kappa shape index (κ2) is 6.22. The second-order valence-corrected chi connectivity index (χ2v) is 5.94. The van der Waals surface area contributed by atoms with E-state index in [1.54, 1.807) is 0 Å². The fourth-order valence-corrected chi connectivity index (χ4v) is 2.90. The van der Waals surface area contributed by atoms with Gasteiger partial charge in [0.05, 0.1) is 11.3 Å². The SMILES string of the molecule is Cc1cccc(N2CCN(c3cc(C(F)(F)F)cnc3N)CC2)c1. The first kappa shape index (κ1) is 16.4. The average molecular weight is 336 g/mol. The highest BCUT2D eigenvalue weighted by Crippen LogP contribution is 2.33. The summed E-state index contributed by atoms with van der Waals surface area (Å²) in [4.78, 5) is 7.80. The molecule has 1 aliphatic rings. The molecule has 0 saturated carbocycles. The summed E-state index contributed by atoms with van der Waals surface area (Å²) in [5.74, 6) is 0.131. The van der Waals surface area contributed by atoms with Crippen LogP contribution in [0.25, 0.3) is 0 Å². The van der Waals surface area contributed by atoms with Gasteiger partial charge in [-0.2, -0.15) is 13.2 Å². The average Bonchev–Trinajstić information content (AvgIpc) is 2.54. The molecule has 0 bridgehead atoms. The van der Waals surface area contributed by atoms with Gasteiger partial charge < -0.3 is 15.5 Å². The van der Waals surface area contributed by atoms with Gasteiger partial charge in [0, 0.05) is 38.1 Å². The molecule has 128 valence electrons. The minimum absolute atomic E-state index is 0.131. The Balaban J connectivity index is 1.75. The number of halogens is 3. The molecule has 4 nitrogen and oxygen atoms in total. The van der Waals surface area contributed by atoms with Crippen molar-refractivity contribution >= 4 is 17.2 Å². The smallest absolute Gasteiger partial charge is 0.382 e. The van der Waals surface area contributed by atoms with E-state index in [1.165, 1.54) is 5.56 Å². The third-order valence-corrected chi connectivity index (χ3v) is 4.21. The highest BCUT2D eigenvalue weighted by Gasteiger charge is 2.32. The third-order valence-electron chi connectivity index (χ3n) is 4.21. The maximum Gasteiger partial charge on any atom is 0.417 e. The summed E-state index contributed by atoms with van der Waals surface area (Å²) >= 11 is 0. The van der Waals surface area contributed by atoms with Crippen LogP contribution in [-0.2, 0) is 6.18 Å². The summed E-state index contributed by atoms with van der Waals surface area (Å²) in [7, 11) is 0. The van der Waals surface area contributed by atoms with Crippen molar-refractivity contribution in [1.82, 2.24) is 4.98 Å². The molecule has 2 N–H and O–H groups in total. The van der Waals surface area contributed by atoms with E-state index in [0.29, 0.717) is 18.8 Å². The van der Waals surface area contributed by atoms with Crippen LogP contribution >= 0.6 is 0 Å². The standard InChI is InChI=1S/C17H19F3N4/c1-12-3-2-4-14(9-12)23-5-7-24(8-6-23)15-10-13(17(18,19)20)11-22-16(15)21/h2-4,9-11H,5-8H2,1H3,(H2,21,22). The van der Waals surface area contributed by atoms with E-state index < -0.39 is 11.7 Å². The van der Waals surface area contributed by atoms with Crippen LogP contribution in [-0.4, -0.2) is 31.2 Å². The summed E-state index contributed by atoms with van der Waals surface area (Å²) in [5, 5.41) is 0. The largest absolute Gasteiger partial charge is 0.417 e.